The largest absolute Gasteiger partial charge is 0.465 e. The highest BCUT2D eigenvalue weighted by Gasteiger charge is 2.43. The molecular weight excluding hydrogens is 460 g/mol. The average Bonchev–Trinajstić information content (AvgIpc) is 3.63. The third-order valence-electron chi connectivity index (χ3n) is 7.63. The van der Waals surface area contributed by atoms with Gasteiger partial charge in [-0.25, -0.2) is 0 Å². The lowest BCUT2D eigenvalue weighted by molar-refractivity contribution is -0.0151. The van der Waals surface area contributed by atoms with Crippen molar-refractivity contribution in [1.29, 1.82) is 5.26 Å². The van der Waals surface area contributed by atoms with Gasteiger partial charge in [0.05, 0.1) is 23.4 Å². The summed E-state index contributed by atoms with van der Waals surface area (Å²) in [5.74, 6) is 1.38. The van der Waals surface area contributed by atoms with Crippen LogP contribution >= 0.6 is 0 Å². The Labute approximate surface area is 217 Å². The first-order valence-corrected chi connectivity index (χ1v) is 13.1. The number of benzene rings is 3. The molecule has 0 amide bonds. The maximum atomic E-state index is 13.5. The van der Waals surface area contributed by atoms with Crippen LogP contribution in [0.3, 0.4) is 0 Å². The molecule has 37 heavy (non-hydrogen) atoms. The Balaban J connectivity index is 1.20. The summed E-state index contributed by atoms with van der Waals surface area (Å²) in [5, 5.41) is 14.6. The minimum absolute atomic E-state index is 0.139. The number of hydrogen-bond acceptors (Lipinski definition) is 6. The van der Waals surface area contributed by atoms with Crippen molar-refractivity contribution < 1.29 is 9.53 Å². The van der Waals surface area contributed by atoms with Gasteiger partial charge < -0.3 is 15.5 Å². The molecule has 2 atom stereocenters. The standard InChI is InChI=1S/C31H30N4O2/c32-18-21-9-15-25(16-10-21)30(36)31-35-28(26-7-3-4-8-29(26)37-31)17-27(34-35)24-13-11-23(12-14-24)20-33-19-22-5-1-2-6-22/h3-4,7-17,22,28,31,33-34H,1-2,5-6,19-20H2. The molecule has 0 bridgehead atoms. The van der Waals surface area contributed by atoms with E-state index in [-0.39, 0.29) is 11.8 Å². The lowest BCUT2D eigenvalue weighted by atomic mass is 10.00. The topological polar surface area (TPSA) is 77.4 Å². The molecule has 3 aliphatic rings. The highest BCUT2D eigenvalue weighted by Crippen LogP contribution is 2.42. The van der Waals surface area contributed by atoms with Crippen molar-refractivity contribution in [3.8, 4) is 11.8 Å². The Kier molecular flexibility index (Phi) is 6.48. The molecular formula is C31H30N4O2. The molecule has 1 aliphatic carbocycles. The minimum atomic E-state index is -0.833. The third-order valence-corrected chi connectivity index (χ3v) is 7.63. The first-order valence-electron chi connectivity index (χ1n) is 13.1. The van der Waals surface area contributed by atoms with E-state index in [1.807, 2.05) is 29.3 Å². The molecule has 2 aliphatic heterocycles. The predicted molar refractivity (Wildman–Crippen MR) is 142 cm³/mol. The van der Waals surface area contributed by atoms with Crippen LogP contribution < -0.4 is 15.5 Å². The Hall–Kier alpha value is -3.92. The van der Waals surface area contributed by atoms with Gasteiger partial charge in [-0.15, -0.1) is 0 Å². The van der Waals surface area contributed by atoms with E-state index in [1.54, 1.807) is 24.3 Å². The SMILES string of the molecule is N#Cc1ccc(C(=O)C2Oc3ccccc3C3C=C(c4ccc(CNCC5CCCC5)cc4)NN23)cc1. The Morgan fingerprint density at radius 2 is 1.78 bits per heavy atom. The molecule has 2 N–H and O–H groups in total. The monoisotopic (exact) mass is 490 g/mol. The van der Waals surface area contributed by atoms with Gasteiger partial charge in [0.25, 0.3) is 0 Å². The molecule has 186 valence electrons. The van der Waals surface area contributed by atoms with E-state index < -0.39 is 6.23 Å². The first kappa shape index (κ1) is 23.5. The fourth-order valence-corrected chi connectivity index (χ4v) is 5.57. The fraction of sp³-hybridized carbons (Fsp3) is 0.290. The number of para-hydroxylation sites is 1. The molecule has 0 radical (unpaired) electrons. The second-order valence-electron chi connectivity index (χ2n) is 10.1. The quantitative estimate of drug-likeness (QED) is 0.435. The fourth-order valence-electron chi connectivity index (χ4n) is 5.57. The van der Waals surface area contributed by atoms with Crippen molar-refractivity contribution in [2.45, 2.75) is 44.5 Å². The van der Waals surface area contributed by atoms with Crippen molar-refractivity contribution in [3.63, 3.8) is 0 Å². The van der Waals surface area contributed by atoms with Crippen molar-refractivity contribution in [3.05, 3.63) is 107 Å². The molecule has 0 spiro atoms. The molecule has 2 heterocycles. The van der Waals surface area contributed by atoms with Gasteiger partial charge in [0, 0.05) is 17.7 Å². The van der Waals surface area contributed by atoms with Gasteiger partial charge in [0.15, 0.2) is 0 Å². The molecule has 0 aromatic heterocycles. The van der Waals surface area contributed by atoms with Crippen molar-refractivity contribution in [2.24, 2.45) is 5.92 Å². The van der Waals surface area contributed by atoms with Crippen LogP contribution in [-0.2, 0) is 6.54 Å². The predicted octanol–water partition coefficient (Wildman–Crippen LogP) is 5.34. The molecule has 3 aromatic rings. The number of hydrazine groups is 1. The van der Waals surface area contributed by atoms with Crippen LogP contribution in [0, 0.1) is 17.2 Å². The van der Waals surface area contributed by atoms with Gasteiger partial charge in [0.1, 0.15) is 5.75 Å². The van der Waals surface area contributed by atoms with Crippen LogP contribution in [0.15, 0.2) is 78.9 Å². The zero-order valence-corrected chi connectivity index (χ0v) is 20.7. The summed E-state index contributed by atoms with van der Waals surface area (Å²) < 4.78 is 6.22. The van der Waals surface area contributed by atoms with Gasteiger partial charge in [-0.1, -0.05) is 55.3 Å². The Bertz CT molecular complexity index is 1350. The van der Waals surface area contributed by atoms with Crippen LogP contribution in [0.1, 0.15) is 64.3 Å². The van der Waals surface area contributed by atoms with Crippen LogP contribution in [-0.4, -0.2) is 23.6 Å². The summed E-state index contributed by atoms with van der Waals surface area (Å²) in [6, 6.07) is 25.1. The van der Waals surface area contributed by atoms with Gasteiger partial charge in [-0.2, -0.15) is 10.3 Å². The molecule has 6 rings (SSSR count). The van der Waals surface area contributed by atoms with E-state index in [9.17, 15) is 4.79 Å². The number of carbonyl (C=O) groups is 1. The number of nitrogens with one attached hydrogen (secondary N) is 2. The maximum absolute atomic E-state index is 13.5. The van der Waals surface area contributed by atoms with Gasteiger partial charge >= 0.3 is 0 Å². The minimum Gasteiger partial charge on any atom is -0.465 e. The second-order valence-corrected chi connectivity index (χ2v) is 10.1. The van der Waals surface area contributed by atoms with E-state index >= 15 is 0 Å². The highest BCUT2D eigenvalue weighted by atomic mass is 16.5. The summed E-state index contributed by atoms with van der Waals surface area (Å²) >= 11 is 0. The van der Waals surface area contributed by atoms with Crippen LogP contribution in [0.5, 0.6) is 5.75 Å². The molecule has 3 aromatic carbocycles. The summed E-state index contributed by atoms with van der Waals surface area (Å²) in [7, 11) is 0. The zero-order chi connectivity index (χ0) is 25.2. The molecule has 0 saturated heterocycles. The molecule has 2 unspecified atom stereocenters. The van der Waals surface area contributed by atoms with E-state index in [1.165, 1.54) is 31.2 Å². The lowest BCUT2D eigenvalue weighted by Crippen LogP contribution is -2.52. The second kappa shape index (κ2) is 10.2. The number of carbonyl (C=O) groups excluding carboxylic acids is 1. The summed E-state index contributed by atoms with van der Waals surface area (Å²) in [5.41, 5.74) is 8.78. The number of ketones is 1. The molecule has 1 saturated carbocycles. The maximum Gasteiger partial charge on any atom is 0.233 e. The lowest BCUT2D eigenvalue weighted by Gasteiger charge is -2.37. The Morgan fingerprint density at radius 3 is 2.54 bits per heavy atom. The van der Waals surface area contributed by atoms with E-state index in [0.717, 1.165) is 35.8 Å². The van der Waals surface area contributed by atoms with Crippen molar-refractivity contribution >= 4 is 11.5 Å². The number of rotatable bonds is 7. The van der Waals surface area contributed by atoms with Crippen molar-refractivity contribution in [1.82, 2.24) is 15.8 Å². The summed E-state index contributed by atoms with van der Waals surface area (Å²) in [4.78, 5) is 13.5. The number of fused-ring (bicyclic) bond motifs is 3. The number of ether oxygens (including phenoxy) is 1. The molecule has 1 fully saturated rings. The summed E-state index contributed by atoms with van der Waals surface area (Å²) in [6.07, 6.45) is 6.78. The van der Waals surface area contributed by atoms with Crippen LogP contribution in [0.4, 0.5) is 0 Å². The van der Waals surface area contributed by atoms with E-state index in [4.69, 9.17) is 10.00 Å². The average molecular weight is 491 g/mol. The normalized spacial score (nSPS) is 20.8. The number of nitriles is 1. The van der Waals surface area contributed by atoms with Crippen LogP contribution in [0.25, 0.3) is 5.70 Å². The van der Waals surface area contributed by atoms with E-state index in [0.29, 0.717) is 16.9 Å². The zero-order valence-electron chi connectivity index (χ0n) is 20.7. The smallest absolute Gasteiger partial charge is 0.233 e. The van der Waals surface area contributed by atoms with Crippen LogP contribution in [0.2, 0.25) is 0 Å². The third kappa shape index (κ3) is 4.76. The number of Topliss-reactive ketones (excluding diaryl/α,β-unsaturated/α-hetero) is 1. The highest BCUT2D eigenvalue weighted by molar-refractivity contribution is 6.00. The molecule has 6 nitrogen and oxygen atoms in total. The van der Waals surface area contributed by atoms with Crippen molar-refractivity contribution in [2.75, 3.05) is 6.54 Å². The van der Waals surface area contributed by atoms with Gasteiger partial charge in [-0.3, -0.25) is 4.79 Å². The first-order chi connectivity index (χ1) is 18.2. The number of nitrogens with zero attached hydrogens (tertiary/aromatic N) is 2. The Morgan fingerprint density at radius 1 is 1.03 bits per heavy atom. The van der Waals surface area contributed by atoms with E-state index in [2.05, 4.69) is 47.2 Å². The number of hydrogen-bond donors (Lipinski definition) is 2. The van der Waals surface area contributed by atoms with Gasteiger partial charge in [0.2, 0.25) is 12.0 Å². The molecule has 6 heteroatoms. The van der Waals surface area contributed by atoms with Gasteiger partial charge in [-0.05, 0) is 72.8 Å². The summed E-state index contributed by atoms with van der Waals surface area (Å²) in [6.45, 7) is 1.97.